The predicted molar refractivity (Wildman–Crippen MR) is 111 cm³/mol. The van der Waals surface area contributed by atoms with Crippen molar-refractivity contribution in [3.8, 4) is 0 Å². The molecule has 2 aromatic rings. The van der Waals surface area contributed by atoms with Crippen LogP contribution in [0.25, 0.3) is 10.9 Å². The van der Waals surface area contributed by atoms with Gasteiger partial charge in [0.2, 0.25) is 15.6 Å². The van der Waals surface area contributed by atoms with E-state index < -0.39 is 21.5 Å². The van der Waals surface area contributed by atoms with E-state index in [0.29, 0.717) is 24.0 Å². The first kappa shape index (κ1) is 22.1. The number of unbranched alkanes of at least 4 members (excludes halogenated alkanes) is 1. The Morgan fingerprint density at radius 3 is 2.54 bits per heavy atom. The summed E-state index contributed by atoms with van der Waals surface area (Å²) in [5, 5.41) is 3.24. The van der Waals surface area contributed by atoms with Crippen molar-refractivity contribution in [2.24, 2.45) is 0 Å². The Morgan fingerprint density at radius 2 is 1.93 bits per heavy atom. The van der Waals surface area contributed by atoms with Gasteiger partial charge in [0.05, 0.1) is 10.5 Å². The second-order valence-electron chi connectivity index (χ2n) is 6.89. The second-order valence-corrected chi connectivity index (χ2v) is 8.83. The highest BCUT2D eigenvalue weighted by Crippen LogP contribution is 2.23. The first-order valence-electron chi connectivity index (χ1n) is 9.72. The highest BCUT2D eigenvalue weighted by atomic mass is 32.2. The van der Waals surface area contributed by atoms with Crippen LogP contribution in [-0.2, 0) is 10.0 Å². The van der Waals surface area contributed by atoms with Crippen LogP contribution in [0.5, 0.6) is 0 Å². The Morgan fingerprint density at radius 1 is 1.21 bits per heavy atom. The lowest BCUT2D eigenvalue weighted by Gasteiger charge is -2.20. The summed E-state index contributed by atoms with van der Waals surface area (Å²) >= 11 is 0. The number of nitrogens with one attached hydrogen (secondary N) is 2. The summed E-state index contributed by atoms with van der Waals surface area (Å²) in [6.45, 7) is 8.44. The zero-order chi connectivity index (χ0) is 20.9. The molecule has 2 rings (SSSR count). The number of hydrogen-bond acceptors (Lipinski definition) is 4. The summed E-state index contributed by atoms with van der Waals surface area (Å²) in [6, 6.07) is 5.64. The number of hydrogen-bond donors (Lipinski definition) is 2. The number of carbonyl (C=O) groups excluding carboxylic acids is 1. The second kappa shape index (κ2) is 9.34. The zero-order valence-electron chi connectivity index (χ0n) is 16.9. The maximum absolute atomic E-state index is 13.0. The van der Waals surface area contributed by atoms with Gasteiger partial charge in [-0.1, -0.05) is 27.2 Å². The molecular formula is C20H29N3O4S. The molecule has 1 aromatic heterocycles. The fourth-order valence-corrected chi connectivity index (χ4v) is 4.43. The summed E-state index contributed by atoms with van der Waals surface area (Å²) in [5.74, 6) is -0.390. The number of sulfonamides is 1. The number of H-pyrrole nitrogens is 1. The van der Waals surface area contributed by atoms with Crippen molar-refractivity contribution in [3.05, 3.63) is 40.2 Å². The summed E-state index contributed by atoms with van der Waals surface area (Å²) in [6.07, 6.45) is 2.41. The molecule has 0 aliphatic heterocycles. The molecule has 0 saturated heterocycles. The maximum Gasteiger partial charge on any atom is 0.252 e. The van der Waals surface area contributed by atoms with Crippen molar-refractivity contribution >= 4 is 26.8 Å². The van der Waals surface area contributed by atoms with Crippen LogP contribution in [0.4, 0.5) is 0 Å². The fourth-order valence-electron chi connectivity index (χ4n) is 2.92. The number of amides is 1. The molecule has 1 heterocycles. The van der Waals surface area contributed by atoms with Gasteiger partial charge in [0.15, 0.2) is 0 Å². The summed E-state index contributed by atoms with van der Waals surface area (Å²) in [4.78, 5) is 27.4. The first-order chi connectivity index (χ1) is 13.2. The Hall–Kier alpha value is -2.19. The molecule has 1 atom stereocenters. The van der Waals surface area contributed by atoms with Gasteiger partial charge >= 0.3 is 0 Å². The monoisotopic (exact) mass is 407 g/mol. The van der Waals surface area contributed by atoms with Crippen molar-refractivity contribution in [2.75, 3.05) is 13.1 Å². The van der Waals surface area contributed by atoms with Crippen LogP contribution in [0, 0.1) is 0 Å². The van der Waals surface area contributed by atoms with E-state index in [1.54, 1.807) is 6.92 Å². The number of rotatable bonds is 9. The average Bonchev–Trinajstić information content (AvgIpc) is 2.67. The predicted octanol–water partition coefficient (Wildman–Crippen LogP) is 2.87. The Bertz CT molecular complexity index is 998. The van der Waals surface area contributed by atoms with E-state index in [0.717, 1.165) is 19.3 Å². The molecule has 0 aliphatic carbocycles. The molecule has 0 spiro atoms. The van der Waals surface area contributed by atoms with Gasteiger partial charge in [-0.15, -0.1) is 0 Å². The van der Waals surface area contributed by atoms with Crippen LogP contribution in [-0.4, -0.2) is 42.7 Å². The van der Waals surface area contributed by atoms with Gasteiger partial charge in [-0.2, -0.15) is 4.31 Å². The molecule has 0 radical (unpaired) electrons. The fraction of sp³-hybridized carbons (Fsp3) is 0.500. The third kappa shape index (κ3) is 4.80. The highest BCUT2D eigenvalue weighted by molar-refractivity contribution is 7.89. The minimum atomic E-state index is -3.69. The van der Waals surface area contributed by atoms with Gasteiger partial charge in [0, 0.05) is 36.1 Å². The molecule has 8 heteroatoms. The van der Waals surface area contributed by atoms with Crippen molar-refractivity contribution in [1.82, 2.24) is 14.6 Å². The minimum Gasteiger partial charge on any atom is -0.350 e. The van der Waals surface area contributed by atoms with Gasteiger partial charge in [-0.3, -0.25) is 9.59 Å². The van der Waals surface area contributed by atoms with Gasteiger partial charge in [-0.25, -0.2) is 8.42 Å². The van der Waals surface area contributed by atoms with Crippen LogP contribution in [0.1, 0.15) is 57.3 Å². The first-order valence-corrected chi connectivity index (χ1v) is 11.2. The van der Waals surface area contributed by atoms with Gasteiger partial charge in [0.1, 0.15) is 0 Å². The Labute approximate surface area is 166 Å². The molecule has 2 N–H and O–H groups in total. The Balaban J connectivity index is 2.57. The number of carbonyl (C=O) groups is 1. The molecule has 28 heavy (non-hydrogen) atoms. The molecule has 1 aromatic carbocycles. The number of pyridine rings is 1. The minimum absolute atomic E-state index is 0.0571. The van der Waals surface area contributed by atoms with Crippen LogP contribution < -0.4 is 10.9 Å². The smallest absolute Gasteiger partial charge is 0.252 e. The van der Waals surface area contributed by atoms with E-state index in [1.165, 1.54) is 28.6 Å². The number of aromatic nitrogens is 1. The molecule has 0 unspecified atom stereocenters. The normalized spacial score (nSPS) is 13.0. The van der Waals surface area contributed by atoms with Crippen LogP contribution in [0.2, 0.25) is 0 Å². The number of nitrogens with zero attached hydrogens (tertiary/aromatic N) is 1. The summed E-state index contributed by atoms with van der Waals surface area (Å²) in [7, 11) is -3.69. The number of benzene rings is 1. The van der Waals surface area contributed by atoms with Crippen molar-refractivity contribution < 1.29 is 13.2 Å². The zero-order valence-corrected chi connectivity index (χ0v) is 17.7. The third-order valence-corrected chi connectivity index (χ3v) is 6.77. The quantitative estimate of drug-likeness (QED) is 0.668. The number of aromatic amines is 1. The summed E-state index contributed by atoms with van der Waals surface area (Å²) < 4.78 is 27.5. The molecule has 0 fully saturated rings. The van der Waals surface area contributed by atoms with Crippen molar-refractivity contribution in [3.63, 3.8) is 0 Å². The highest BCUT2D eigenvalue weighted by Gasteiger charge is 2.24. The Kier molecular flexibility index (Phi) is 7.37. The molecule has 0 bridgehead atoms. The lowest BCUT2D eigenvalue weighted by atomic mass is 10.1. The lowest BCUT2D eigenvalue weighted by Crippen LogP contribution is -2.33. The molecule has 1 amide bonds. The lowest BCUT2D eigenvalue weighted by molar-refractivity contribution is 0.0940. The van der Waals surface area contributed by atoms with E-state index in [4.69, 9.17) is 0 Å². The van der Waals surface area contributed by atoms with E-state index in [9.17, 15) is 18.0 Å². The van der Waals surface area contributed by atoms with Gasteiger partial charge < -0.3 is 10.3 Å². The molecule has 154 valence electrons. The molecular weight excluding hydrogens is 378 g/mol. The topological polar surface area (TPSA) is 99.3 Å². The van der Waals surface area contributed by atoms with Gasteiger partial charge in [0.25, 0.3) is 5.91 Å². The van der Waals surface area contributed by atoms with Crippen LogP contribution >= 0.6 is 0 Å². The van der Waals surface area contributed by atoms with E-state index in [2.05, 4.69) is 10.3 Å². The van der Waals surface area contributed by atoms with Crippen molar-refractivity contribution in [1.29, 1.82) is 0 Å². The standard InChI is InChI=1S/C20H29N3O4S/c1-5-8-11-23(7-3)28(26,27)15-9-10-18-16(12-15)17(13-19(24)22-18)20(25)21-14(4)6-2/h9-10,12-14H,5-8,11H2,1-4H3,(H,21,25)(H,22,24)/t14-/m0/s1. The maximum atomic E-state index is 13.0. The number of fused-ring (bicyclic) bond motifs is 1. The molecule has 0 saturated carbocycles. The molecule has 7 nitrogen and oxygen atoms in total. The summed E-state index contributed by atoms with van der Waals surface area (Å²) in [5.41, 5.74) is 0.195. The van der Waals surface area contributed by atoms with Crippen LogP contribution in [0.3, 0.4) is 0 Å². The largest absolute Gasteiger partial charge is 0.350 e. The van der Waals surface area contributed by atoms with Gasteiger partial charge in [-0.05, 0) is 38.0 Å². The SMILES string of the molecule is CCCCN(CC)S(=O)(=O)c1ccc2[nH]c(=O)cc(C(=O)N[C@@H](C)CC)c2c1. The van der Waals surface area contributed by atoms with Crippen LogP contribution in [0.15, 0.2) is 34.0 Å². The molecule has 0 aliphatic rings. The third-order valence-electron chi connectivity index (χ3n) is 4.80. The van der Waals surface area contributed by atoms with E-state index in [1.807, 2.05) is 20.8 Å². The van der Waals surface area contributed by atoms with E-state index in [-0.39, 0.29) is 16.5 Å². The van der Waals surface area contributed by atoms with E-state index >= 15 is 0 Å². The average molecular weight is 408 g/mol. The van der Waals surface area contributed by atoms with Crippen molar-refractivity contribution in [2.45, 2.75) is 57.9 Å².